The molecule has 4 heteroatoms. The van der Waals surface area contributed by atoms with Crippen LogP contribution in [0.4, 0.5) is 5.69 Å². The molecule has 1 aromatic carbocycles. The molecular weight excluding hydrogens is 296 g/mol. The van der Waals surface area contributed by atoms with Gasteiger partial charge in [0, 0.05) is 55.0 Å². The van der Waals surface area contributed by atoms with Crippen molar-refractivity contribution in [1.82, 2.24) is 14.9 Å². The third-order valence-corrected chi connectivity index (χ3v) is 4.65. The molecule has 3 aromatic rings. The van der Waals surface area contributed by atoms with Gasteiger partial charge >= 0.3 is 0 Å². The van der Waals surface area contributed by atoms with Crippen LogP contribution in [0.1, 0.15) is 18.4 Å². The Morgan fingerprint density at radius 3 is 2.92 bits per heavy atom. The lowest BCUT2D eigenvalue weighted by molar-refractivity contribution is 0.208. The minimum absolute atomic E-state index is 0.495. The molecule has 4 nitrogen and oxygen atoms in total. The maximum absolute atomic E-state index is 4.22. The first-order valence-electron chi connectivity index (χ1n) is 8.58. The van der Waals surface area contributed by atoms with Crippen molar-refractivity contribution in [3.05, 3.63) is 66.7 Å². The molecule has 1 saturated heterocycles. The topological polar surface area (TPSA) is 41.1 Å². The Morgan fingerprint density at radius 1 is 1.04 bits per heavy atom. The molecule has 122 valence electrons. The molecule has 0 saturated carbocycles. The Bertz CT molecular complexity index is 803. The van der Waals surface area contributed by atoms with Gasteiger partial charge in [-0.25, -0.2) is 0 Å². The molecule has 0 bridgehead atoms. The molecule has 0 aliphatic carbocycles. The van der Waals surface area contributed by atoms with Gasteiger partial charge in [-0.2, -0.15) is 0 Å². The predicted octanol–water partition coefficient (Wildman–Crippen LogP) is 3.71. The number of anilines is 1. The van der Waals surface area contributed by atoms with E-state index < -0.39 is 0 Å². The van der Waals surface area contributed by atoms with Gasteiger partial charge in [-0.3, -0.25) is 14.9 Å². The van der Waals surface area contributed by atoms with Crippen molar-refractivity contribution in [2.75, 3.05) is 18.4 Å². The summed E-state index contributed by atoms with van der Waals surface area (Å²) in [5.41, 5.74) is 2.48. The van der Waals surface area contributed by atoms with Gasteiger partial charge in [-0.05, 0) is 54.6 Å². The van der Waals surface area contributed by atoms with E-state index in [1.807, 2.05) is 30.9 Å². The molecule has 3 heterocycles. The lowest BCUT2D eigenvalue weighted by atomic mass is 10.0. The van der Waals surface area contributed by atoms with Crippen LogP contribution in [-0.2, 0) is 6.54 Å². The minimum atomic E-state index is 0.495. The molecule has 0 spiro atoms. The van der Waals surface area contributed by atoms with Gasteiger partial charge in [-0.15, -0.1) is 0 Å². The van der Waals surface area contributed by atoms with Crippen molar-refractivity contribution in [3.63, 3.8) is 0 Å². The summed E-state index contributed by atoms with van der Waals surface area (Å²) in [7, 11) is 0. The monoisotopic (exact) mass is 318 g/mol. The smallest absolute Gasteiger partial charge is 0.0389 e. The number of likely N-dealkylation sites (tertiary alicyclic amines) is 1. The maximum Gasteiger partial charge on any atom is 0.0389 e. The molecule has 1 aliphatic heterocycles. The van der Waals surface area contributed by atoms with E-state index in [4.69, 9.17) is 0 Å². The molecule has 1 N–H and O–H groups in total. The average molecular weight is 318 g/mol. The fourth-order valence-electron chi connectivity index (χ4n) is 3.48. The van der Waals surface area contributed by atoms with Crippen LogP contribution in [0.15, 0.2) is 61.2 Å². The van der Waals surface area contributed by atoms with Crippen molar-refractivity contribution in [2.45, 2.75) is 25.4 Å². The van der Waals surface area contributed by atoms with Crippen LogP contribution in [0.3, 0.4) is 0 Å². The third-order valence-electron chi connectivity index (χ3n) is 4.65. The van der Waals surface area contributed by atoms with Gasteiger partial charge in [0.2, 0.25) is 0 Å². The zero-order chi connectivity index (χ0) is 16.2. The lowest BCUT2D eigenvalue weighted by Gasteiger charge is -2.33. The van der Waals surface area contributed by atoms with Crippen LogP contribution in [0.2, 0.25) is 0 Å². The first-order valence-corrected chi connectivity index (χ1v) is 8.58. The summed E-state index contributed by atoms with van der Waals surface area (Å²) >= 11 is 0. The highest BCUT2D eigenvalue weighted by Gasteiger charge is 2.19. The fourth-order valence-corrected chi connectivity index (χ4v) is 3.48. The second-order valence-electron chi connectivity index (χ2n) is 6.52. The molecule has 1 aliphatic rings. The van der Waals surface area contributed by atoms with Gasteiger partial charge in [0.05, 0.1) is 0 Å². The highest BCUT2D eigenvalue weighted by Crippen LogP contribution is 2.21. The van der Waals surface area contributed by atoms with Gasteiger partial charge in [0.1, 0.15) is 0 Å². The Balaban J connectivity index is 1.42. The molecule has 0 unspecified atom stereocenters. The van der Waals surface area contributed by atoms with Crippen LogP contribution >= 0.6 is 0 Å². The molecule has 2 aromatic heterocycles. The van der Waals surface area contributed by atoms with Crippen molar-refractivity contribution in [1.29, 1.82) is 0 Å². The Labute approximate surface area is 142 Å². The molecular formula is C20H22N4. The number of nitrogens with one attached hydrogen (secondary N) is 1. The molecule has 0 amide bonds. The van der Waals surface area contributed by atoms with Crippen molar-refractivity contribution >= 4 is 16.5 Å². The summed E-state index contributed by atoms with van der Waals surface area (Å²) in [6, 6.07) is 13.2. The van der Waals surface area contributed by atoms with Crippen LogP contribution in [0, 0.1) is 0 Å². The highest BCUT2D eigenvalue weighted by molar-refractivity contribution is 5.84. The summed E-state index contributed by atoms with van der Waals surface area (Å²) in [4.78, 5) is 10.9. The van der Waals surface area contributed by atoms with E-state index in [1.165, 1.54) is 34.9 Å². The molecule has 24 heavy (non-hydrogen) atoms. The first-order chi connectivity index (χ1) is 11.9. The van der Waals surface area contributed by atoms with E-state index in [0.717, 1.165) is 19.6 Å². The van der Waals surface area contributed by atoms with E-state index in [0.29, 0.717) is 6.04 Å². The SMILES string of the molecule is c1cncc(CN2CCC[C@@H](Nc3ccc4cnccc4c3)C2)c1. The van der Waals surface area contributed by atoms with Gasteiger partial charge < -0.3 is 5.32 Å². The van der Waals surface area contributed by atoms with E-state index >= 15 is 0 Å². The molecule has 1 atom stereocenters. The standard InChI is InChI=1S/C20H22N4/c1-3-16(12-21-8-1)14-24-10-2-4-20(15-24)23-19-6-5-18-13-22-9-7-17(18)11-19/h1,3,5-9,11-13,20,23H,2,4,10,14-15H2/t20-/m1/s1. The highest BCUT2D eigenvalue weighted by atomic mass is 15.2. The largest absolute Gasteiger partial charge is 0.381 e. The number of hydrogen-bond acceptors (Lipinski definition) is 4. The Hall–Kier alpha value is -2.46. The summed E-state index contributed by atoms with van der Waals surface area (Å²) in [5.74, 6) is 0. The first kappa shape index (κ1) is 15.1. The number of fused-ring (bicyclic) bond motifs is 1. The van der Waals surface area contributed by atoms with Crippen LogP contribution in [-0.4, -0.2) is 34.0 Å². The summed E-state index contributed by atoms with van der Waals surface area (Å²) in [6.45, 7) is 3.22. The van der Waals surface area contributed by atoms with Crippen LogP contribution in [0.25, 0.3) is 10.8 Å². The summed E-state index contributed by atoms with van der Waals surface area (Å²) in [5, 5.41) is 6.13. The van der Waals surface area contributed by atoms with Crippen molar-refractivity contribution in [2.24, 2.45) is 0 Å². The van der Waals surface area contributed by atoms with Gasteiger partial charge in [-0.1, -0.05) is 12.1 Å². The van der Waals surface area contributed by atoms with E-state index in [2.05, 4.69) is 50.5 Å². The summed E-state index contributed by atoms with van der Waals surface area (Å²) < 4.78 is 0. The maximum atomic E-state index is 4.22. The average Bonchev–Trinajstić information content (AvgIpc) is 2.63. The number of hydrogen-bond donors (Lipinski definition) is 1. The Kier molecular flexibility index (Phi) is 4.38. The number of piperidine rings is 1. The molecule has 4 rings (SSSR count). The van der Waals surface area contributed by atoms with E-state index in [-0.39, 0.29) is 0 Å². The van der Waals surface area contributed by atoms with Gasteiger partial charge in [0.25, 0.3) is 0 Å². The van der Waals surface area contributed by atoms with Crippen molar-refractivity contribution < 1.29 is 0 Å². The molecule has 0 radical (unpaired) electrons. The number of rotatable bonds is 4. The second kappa shape index (κ2) is 6.97. The summed E-state index contributed by atoms with van der Waals surface area (Å²) in [6.07, 6.45) is 10.0. The van der Waals surface area contributed by atoms with Crippen LogP contribution < -0.4 is 5.32 Å². The lowest BCUT2D eigenvalue weighted by Crippen LogP contribution is -2.41. The van der Waals surface area contributed by atoms with E-state index in [9.17, 15) is 0 Å². The number of aromatic nitrogens is 2. The minimum Gasteiger partial charge on any atom is -0.381 e. The number of benzene rings is 1. The Morgan fingerprint density at radius 2 is 2.00 bits per heavy atom. The second-order valence-corrected chi connectivity index (χ2v) is 6.52. The zero-order valence-electron chi connectivity index (χ0n) is 13.7. The predicted molar refractivity (Wildman–Crippen MR) is 97.9 cm³/mol. The van der Waals surface area contributed by atoms with E-state index in [1.54, 1.807) is 0 Å². The van der Waals surface area contributed by atoms with Gasteiger partial charge in [0.15, 0.2) is 0 Å². The third kappa shape index (κ3) is 3.54. The van der Waals surface area contributed by atoms with Crippen LogP contribution in [0.5, 0.6) is 0 Å². The normalized spacial score (nSPS) is 18.6. The number of pyridine rings is 2. The number of nitrogens with zero attached hydrogens (tertiary/aromatic N) is 3. The van der Waals surface area contributed by atoms with Crippen molar-refractivity contribution in [3.8, 4) is 0 Å². The fraction of sp³-hybridized carbons (Fsp3) is 0.300. The zero-order valence-corrected chi connectivity index (χ0v) is 13.7. The quantitative estimate of drug-likeness (QED) is 0.796. The molecule has 1 fully saturated rings.